The van der Waals surface area contributed by atoms with Crippen molar-refractivity contribution in [3.05, 3.63) is 47.4 Å². The summed E-state index contributed by atoms with van der Waals surface area (Å²) in [7, 11) is 0. The molecule has 100 valence electrons. The highest BCUT2D eigenvalue weighted by Gasteiger charge is 2.08. The Morgan fingerprint density at radius 2 is 1.95 bits per heavy atom. The number of hydrogen-bond donors (Lipinski definition) is 0. The monoisotopic (exact) mass is 281 g/mol. The van der Waals surface area contributed by atoms with Gasteiger partial charge in [0.25, 0.3) is 5.88 Å². The lowest BCUT2D eigenvalue weighted by atomic mass is 10.3. The first-order valence-electron chi connectivity index (χ1n) is 5.80. The van der Waals surface area contributed by atoms with Gasteiger partial charge < -0.3 is 9.47 Å². The van der Waals surface area contributed by atoms with Gasteiger partial charge in [-0.05, 0) is 32.0 Å². The average molecular weight is 282 g/mol. The number of pyridine rings is 1. The molecule has 0 amide bonds. The predicted molar refractivity (Wildman–Crippen MR) is 71.5 cm³/mol. The van der Waals surface area contributed by atoms with Crippen LogP contribution in [-0.2, 0) is 0 Å². The molecule has 0 radical (unpaired) electrons. The summed E-state index contributed by atoms with van der Waals surface area (Å²) in [5.74, 6) is 0.377. The average Bonchev–Trinajstić information content (AvgIpc) is 2.32. The topological polar surface area (TPSA) is 31.4 Å². The van der Waals surface area contributed by atoms with Crippen molar-refractivity contribution < 1.29 is 13.9 Å². The van der Waals surface area contributed by atoms with E-state index in [2.05, 4.69) is 4.98 Å². The molecule has 1 aromatic carbocycles. The maximum absolute atomic E-state index is 13.5. The minimum absolute atomic E-state index is 0.0562. The number of ether oxygens (including phenoxy) is 2. The molecule has 0 fully saturated rings. The molecule has 0 aliphatic rings. The molecule has 0 aliphatic carbocycles. The molecule has 0 atom stereocenters. The lowest BCUT2D eigenvalue weighted by molar-refractivity contribution is 0.241. The van der Waals surface area contributed by atoms with Gasteiger partial charge in [0.2, 0.25) is 0 Å². The highest BCUT2D eigenvalue weighted by Crippen LogP contribution is 2.27. The summed E-state index contributed by atoms with van der Waals surface area (Å²) in [6, 6.07) is 8.09. The summed E-state index contributed by atoms with van der Waals surface area (Å²) in [5, 5.41) is 0.224. The molecule has 2 aromatic rings. The Morgan fingerprint density at radius 3 is 2.63 bits per heavy atom. The van der Waals surface area contributed by atoms with Crippen LogP contribution in [0.25, 0.3) is 0 Å². The summed E-state index contributed by atoms with van der Waals surface area (Å²) in [4.78, 5) is 3.79. The lowest BCUT2D eigenvalue weighted by Gasteiger charge is -2.11. The molecule has 2 rings (SSSR count). The van der Waals surface area contributed by atoms with E-state index in [4.69, 9.17) is 21.1 Å². The van der Waals surface area contributed by atoms with Crippen molar-refractivity contribution in [2.45, 2.75) is 20.0 Å². The van der Waals surface area contributed by atoms with E-state index in [0.29, 0.717) is 11.5 Å². The summed E-state index contributed by atoms with van der Waals surface area (Å²) in [6.07, 6.45) is 1.38. The Morgan fingerprint density at radius 1 is 1.21 bits per heavy atom. The molecule has 0 spiro atoms. The van der Waals surface area contributed by atoms with Crippen molar-refractivity contribution in [3.63, 3.8) is 0 Å². The van der Waals surface area contributed by atoms with Crippen LogP contribution in [0.15, 0.2) is 36.5 Å². The Balaban J connectivity index is 2.18. The van der Waals surface area contributed by atoms with E-state index in [1.807, 2.05) is 13.8 Å². The molecule has 0 saturated heterocycles. The normalized spacial score (nSPS) is 10.6. The van der Waals surface area contributed by atoms with Crippen LogP contribution in [-0.4, -0.2) is 11.1 Å². The van der Waals surface area contributed by atoms with Gasteiger partial charge in [0, 0.05) is 12.3 Å². The zero-order valence-electron chi connectivity index (χ0n) is 10.6. The summed E-state index contributed by atoms with van der Waals surface area (Å²) >= 11 is 5.62. The van der Waals surface area contributed by atoms with Crippen LogP contribution in [0.3, 0.4) is 0 Å². The molecule has 0 aliphatic heterocycles. The van der Waals surface area contributed by atoms with Gasteiger partial charge in [-0.3, -0.25) is 0 Å². The minimum Gasteiger partial charge on any atom is -0.491 e. The van der Waals surface area contributed by atoms with E-state index >= 15 is 0 Å². The quantitative estimate of drug-likeness (QED) is 0.829. The summed E-state index contributed by atoms with van der Waals surface area (Å²) in [5.41, 5.74) is 0. The van der Waals surface area contributed by atoms with Gasteiger partial charge in [0.15, 0.2) is 5.82 Å². The molecule has 0 unspecified atom stereocenters. The number of halogens is 2. The first kappa shape index (κ1) is 13.6. The third-order valence-electron chi connectivity index (χ3n) is 2.17. The second-order valence-corrected chi connectivity index (χ2v) is 4.62. The molecule has 0 saturated carbocycles. The van der Waals surface area contributed by atoms with Crippen molar-refractivity contribution in [2.24, 2.45) is 0 Å². The van der Waals surface area contributed by atoms with Crippen LogP contribution < -0.4 is 9.47 Å². The Kier molecular flexibility index (Phi) is 4.22. The lowest BCUT2D eigenvalue weighted by Crippen LogP contribution is -2.05. The molecular weight excluding hydrogens is 269 g/mol. The third-order valence-corrected chi connectivity index (χ3v) is 2.37. The second kappa shape index (κ2) is 5.89. The van der Waals surface area contributed by atoms with Gasteiger partial charge in [-0.25, -0.2) is 9.37 Å². The number of benzene rings is 1. The largest absolute Gasteiger partial charge is 0.491 e. The second-order valence-electron chi connectivity index (χ2n) is 4.18. The van der Waals surface area contributed by atoms with Crippen LogP contribution in [0.1, 0.15) is 13.8 Å². The fraction of sp³-hybridized carbons (Fsp3) is 0.214. The van der Waals surface area contributed by atoms with Gasteiger partial charge in [0.1, 0.15) is 11.5 Å². The highest BCUT2D eigenvalue weighted by atomic mass is 35.5. The maximum atomic E-state index is 13.5. The van der Waals surface area contributed by atoms with Crippen LogP contribution >= 0.6 is 11.6 Å². The van der Waals surface area contributed by atoms with Crippen molar-refractivity contribution in [1.82, 2.24) is 4.98 Å². The zero-order chi connectivity index (χ0) is 13.8. The molecule has 0 bridgehead atoms. The standard InChI is InChI=1S/C14H13ClFNO2/c1-9(2)18-11-4-3-5-12(7-11)19-14-13(16)6-10(15)8-17-14/h3-9H,1-2H3. The van der Waals surface area contributed by atoms with E-state index in [1.165, 1.54) is 6.20 Å². The van der Waals surface area contributed by atoms with Gasteiger partial charge in [-0.1, -0.05) is 17.7 Å². The van der Waals surface area contributed by atoms with Crippen LogP contribution in [0.4, 0.5) is 4.39 Å². The predicted octanol–water partition coefficient (Wildman–Crippen LogP) is 4.45. The number of nitrogens with zero attached hydrogens (tertiary/aromatic N) is 1. The number of aromatic nitrogens is 1. The van der Waals surface area contributed by atoms with E-state index in [0.717, 1.165) is 6.07 Å². The van der Waals surface area contributed by atoms with E-state index in [1.54, 1.807) is 24.3 Å². The summed E-state index contributed by atoms with van der Waals surface area (Å²) < 4.78 is 24.4. The van der Waals surface area contributed by atoms with Gasteiger partial charge in [-0.2, -0.15) is 0 Å². The molecule has 19 heavy (non-hydrogen) atoms. The molecule has 3 nitrogen and oxygen atoms in total. The van der Waals surface area contributed by atoms with Crippen LogP contribution in [0.2, 0.25) is 5.02 Å². The van der Waals surface area contributed by atoms with Gasteiger partial charge >= 0.3 is 0 Å². The summed E-state index contributed by atoms with van der Waals surface area (Å²) in [6.45, 7) is 3.85. The van der Waals surface area contributed by atoms with Crippen molar-refractivity contribution in [3.8, 4) is 17.4 Å². The Labute approximate surface area is 115 Å². The molecule has 1 heterocycles. The SMILES string of the molecule is CC(C)Oc1cccc(Oc2ncc(Cl)cc2F)c1. The van der Waals surface area contributed by atoms with Crippen LogP contribution in [0, 0.1) is 5.82 Å². The first-order chi connectivity index (χ1) is 9.04. The Hall–Kier alpha value is -1.81. The van der Waals surface area contributed by atoms with Crippen molar-refractivity contribution in [1.29, 1.82) is 0 Å². The molecule has 5 heteroatoms. The van der Waals surface area contributed by atoms with E-state index < -0.39 is 5.82 Å². The number of rotatable bonds is 4. The molecule has 1 aromatic heterocycles. The van der Waals surface area contributed by atoms with E-state index in [9.17, 15) is 4.39 Å². The van der Waals surface area contributed by atoms with E-state index in [-0.39, 0.29) is 17.0 Å². The van der Waals surface area contributed by atoms with Gasteiger partial charge in [-0.15, -0.1) is 0 Å². The molecular formula is C14H13ClFNO2. The Bertz CT molecular complexity index is 575. The van der Waals surface area contributed by atoms with Crippen molar-refractivity contribution >= 4 is 11.6 Å². The smallest absolute Gasteiger partial charge is 0.255 e. The zero-order valence-corrected chi connectivity index (χ0v) is 11.3. The third kappa shape index (κ3) is 3.83. The first-order valence-corrected chi connectivity index (χ1v) is 6.18. The maximum Gasteiger partial charge on any atom is 0.255 e. The number of hydrogen-bond acceptors (Lipinski definition) is 3. The van der Waals surface area contributed by atoms with Crippen molar-refractivity contribution in [2.75, 3.05) is 0 Å². The molecule has 0 N–H and O–H groups in total. The van der Waals surface area contributed by atoms with Gasteiger partial charge in [0.05, 0.1) is 11.1 Å². The fourth-order valence-electron chi connectivity index (χ4n) is 1.47. The highest BCUT2D eigenvalue weighted by molar-refractivity contribution is 6.30. The van der Waals surface area contributed by atoms with Crippen LogP contribution in [0.5, 0.6) is 17.4 Å². The minimum atomic E-state index is -0.609. The fourth-order valence-corrected chi connectivity index (χ4v) is 1.62.